The van der Waals surface area contributed by atoms with Crippen LogP contribution in [0.5, 0.6) is 0 Å². The van der Waals surface area contributed by atoms with Gasteiger partial charge in [0.25, 0.3) is 0 Å². The molecule has 0 spiro atoms. The summed E-state index contributed by atoms with van der Waals surface area (Å²) in [6, 6.07) is 0. The molecule has 0 aliphatic carbocycles. The molecule has 0 atom stereocenters. The molecule has 0 radical (unpaired) electrons. The summed E-state index contributed by atoms with van der Waals surface area (Å²) >= 11 is 4.99. The number of hydrogen-bond acceptors (Lipinski definition) is 2. The van der Waals surface area contributed by atoms with Gasteiger partial charge in [0.1, 0.15) is 0 Å². The van der Waals surface area contributed by atoms with Gasteiger partial charge in [0.05, 0.1) is 7.11 Å². The van der Waals surface area contributed by atoms with Gasteiger partial charge in [0.15, 0.2) is 0 Å². The quantitative estimate of drug-likeness (QED) is 0.380. The van der Waals surface area contributed by atoms with Crippen molar-refractivity contribution in [1.82, 2.24) is 0 Å². The van der Waals surface area contributed by atoms with Gasteiger partial charge in [-0.15, -0.1) is 0 Å². The summed E-state index contributed by atoms with van der Waals surface area (Å²) in [6.07, 6.45) is 1.13. The molecule has 0 aliphatic rings. The molecule has 0 aliphatic heterocycles. The Labute approximate surface area is 46.7 Å². The number of ether oxygens (including phenoxy) is 1. The van der Waals surface area contributed by atoms with Crippen molar-refractivity contribution >= 4 is 17.6 Å². The summed E-state index contributed by atoms with van der Waals surface area (Å²) in [4.78, 5) is 10.0. The van der Waals surface area contributed by atoms with Crippen molar-refractivity contribution in [2.24, 2.45) is 0 Å². The average Bonchev–Trinajstić information content (AvgIpc) is 1.68. The number of rotatable bonds is 1. The van der Waals surface area contributed by atoms with Crippen LogP contribution in [-0.4, -0.2) is 13.1 Å². The lowest BCUT2D eigenvalue weighted by molar-refractivity contribution is -0.134. The minimum absolute atomic E-state index is 0.435. The normalized spacial score (nSPS) is 9.43. The molecule has 0 saturated carbocycles. The molecule has 40 valence electrons. The Morgan fingerprint density at radius 2 is 2.43 bits per heavy atom. The summed E-state index contributed by atoms with van der Waals surface area (Å²) in [5.74, 6) is -0.435. The molecule has 0 bridgehead atoms. The van der Waals surface area contributed by atoms with Crippen LogP contribution in [0.1, 0.15) is 0 Å². The highest BCUT2D eigenvalue weighted by atomic mass is 35.5. The van der Waals surface area contributed by atoms with E-state index in [-0.39, 0.29) is 0 Å². The number of carbonyl (C=O) groups is 1. The highest BCUT2D eigenvalue weighted by Gasteiger charge is 1.85. The Morgan fingerprint density at radius 3 is 2.57 bits per heavy atom. The van der Waals surface area contributed by atoms with E-state index in [0.717, 1.165) is 11.6 Å². The fourth-order valence-corrected chi connectivity index (χ4v) is 0.222. The second kappa shape index (κ2) is 3.68. The molecular weight excluding hydrogens is 115 g/mol. The molecule has 2 nitrogen and oxygen atoms in total. The number of hydrogen-bond donors (Lipinski definition) is 0. The van der Waals surface area contributed by atoms with E-state index in [1.165, 1.54) is 7.11 Å². The number of methoxy groups -OCH3 is 1. The number of esters is 1. The lowest BCUT2D eigenvalue weighted by atomic mass is 10.7. The smallest absolute Gasteiger partial charge is 0.331 e. The van der Waals surface area contributed by atoms with E-state index in [2.05, 4.69) is 4.74 Å². The minimum atomic E-state index is -0.435. The second-order valence-electron chi connectivity index (χ2n) is 0.816. The maximum absolute atomic E-state index is 10.0. The van der Waals surface area contributed by atoms with Gasteiger partial charge in [0, 0.05) is 11.6 Å². The zero-order valence-corrected chi connectivity index (χ0v) is 4.61. The van der Waals surface area contributed by atoms with E-state index >= 15 is 0 Å². The van der Waals surface area contributed by atoms with E-state index < -0.39 is 5.97 Å². The maximum Gasteiger partial charge on any atom is 0.331 e. The van der Waals surface area contributed by atoms with E-state index in [4.69, 9.17) is 11.6 Å². The Hall–Kier alpha value is -0.500. The zero-order chi connectivity index (χ0) is 5.70. The molecular formula is C4H5ClO2. The van der Waals surface area contributed by atoms with Crippen LogP contribution in [0.25, 0.3) is 0 Å². The first-order valence-corrected chi connectivity index (χ1v) is 2.09. The third-order valence-electron chi connectivity index (χ3n) is 0.400. The molecule has 0 aromatic rings. The predicted molar refractivity (Wildman–Crippen MR) is 27.0 cm³/mol. The molecule has 0 heterocycles. The van der Waals surface area contributed by atoms with Gasteiger partial charge in [-0.3, -0.25) is 0 Å². The fraction of sp³-hybridized carbons (Fsp3) is 0.250. The molecule has 0 rings (SSSR count). The van der Waals surface area contributed by atoms with Crippen molar-refractivity contribution in [3.63, 3.8) is 0 Å². The SMILES string of the molecule is COC(=O)/C=C/Cl. The lowest BCUT2D eigenvalue weighted by Gasteiger charge is -1.84. The molecule has 0 fully saturated rings. The predicted octanol–water partition coefficient (Wildman–Crippen LogP) is 0.912. The highest BCUT2D eigenvalue weighted by Crippen LogP contribution is 1.79. The molecule has 0 aromatic carbocycles. The summed E-state index contributed by atoms with van der Waals surface area (Å²) in [5, 5.41) is 0. The molecule has 0 amide bonds. The summed E-state index contributed by atoms with van der Waals surface area (Å²) < 4.78 is 4.18. The molecule has 0 aromatic heterocycles. The van der Waals surface area contributed by atoms with Crippen molar-refractivity contribution in [2.45, 2.75) is 0 Å². The molecule has 0 saturated heterocycles. The first kappa shape index (κ1) is 6.50. The van der Waals surface area contributed by atoms with Gasteiger partial charge in [-0.05, 0) is 0 Å². The highest BCUT2D eigenvalue weighted by molar-refractivity contribution is 6.26. The van der Waals surface area contributed by atoms with Gasteiger partial charge in [-0.25, -0.2) is 4.79 Å². The fourth-order valence-electron chi connectivity index (χ4n) is 0.119. The van der Waals surface area contributed by atoms with Crippen molar-refractivity contribution in [3.8, 4) is 0 Å². The first-order chi connectivity index (χ1) is 3.31. The lowest BCUT2D eigenvalue weighted by Crippen LogP contribution is -1.92. The third-order valence-corrected chi connectivity index (χ3v) is 0.526. The standard InChI is InChI=1S/C4H5ClO2/c1-7-4(6)2-3-5/h2-3H,1H3/b3-2+. The van der Waals surface area contributed by atoms with Crippen molar-refractivity contribution in [3.05, 3.63) is 11.6 Å². The zero-order valence-electron chi connectivity index (χ0n) is 3.85. The Morgan fingerprint density at radius 1 is 1.86 bits per heavy atom. The minimum Gasteiger partial charge on any atom is -0.466 e. The van der Waals surface area contributed by atoms with Crippen LogP contribution in [0.2, 0.25) is 0 Å². The van der Waals surface area contributed by atoms with Crippen LogP contribution in [0.4, 0.5) is 0 Å². The van der Waals surface area contributed by atoms with Crippen molar-refractivity contribution in [2.75, 3.05) is 7.11 Å². The average molecular weight is 121 g/mol. The van der Waals surface area contributed by atoms with Gasteiger partial charge in [-0.1, -0.05) is 11.6 Å². The topological polar surface area (TPSA) is 26.3 Å². The van der Waals surface area contributed by atoms with Gasteiger partial charge >= 0.3 is 5.97 Å². The first-order valence-electron chi connectivity index (χ1n) is 1.66. The van der Waals surface area contributed by atoms with Crippen molar-refractivity contribution in [1.29, 1.82) is 0 Å². The van der Waals surface area contributed by atoms with E-state index in [1.54, 1.807) is 0 Å². The maximum atomic E-state index is 10.0. The summed E-state index contributed by atoms with van der Waals surface area (Å²) in [5.41, 5.74) is 1.10. The molecule has 0 N–H and O–H groups in total. The monoisotopic (exact) mass is 120 g/mol. The Balaban J connectivity index is 3.37. The number of halogens is 1. The van der Waals surface area contributed by atoms with Crippen LogP contribution < -0.4 is 0 Å². The molecule has 0 unspecified atom stereocenters. The Kier molecular flexibility index (Phi) is 3.42. The van der Waals surface area contributed by atoms with Gasteiger partial charge in [0.2, 0.25) is 0 Å². The number of carbonyl (C=O) groups excluding carboxylic acids is 1. The second-order valence-corrected chi connectivity index (χ2v) is 1.07. The van der Waals surface area contributed by atoms with Crippen LogP contribution in [-0.2, 0) is 9.53 Å². The van der Waals surface area contributed by atoms with E-state index in [0.29, 0.717) is 0 Å². The van der Waals surface area contributed by atoms with Gasteiger partial charge in [-0.2, -0.15) is 0 Å². The molecule has 7 heavy (non-hydrogen) atoms. The van der Waals surface area contributed by atoms with Crippen molar-refractivity contribution < 1.29 is 9.53 Å². The largest absolute Gasteiger partial charge is 0.466 e. The summed E-state index contributed by atoms with van der Waals surface area (Å²) in [7, 11) is 1.29. The van der Waals surface area contributed by atoms with Crippen LogP contribution in [0.15, 0.2) is 11.6 Å². The summed E-state index contributed by atoms with van der Waals surface area (Å²) in [6.45, 7) is 0. The van der Waals surface area contributed by atoms with Crippen LogP contribution in [0.3, 0.4) is 0 Å². The molecule has 3 heteroatoms. The van der Waals surface area contributed by atoms with E-state index in [1.807, 2.05) is 0 Å². The van der Waals surface area contributed by atoms with Crippen LogP contribution in [0, 0.1) is 0 Å². The van der Waals surface area contributed by atoms with Gasteiger partial charge < -0.3 is 4.74 Å². The Bertz CT molecular complexity index is 87.7. The van der Waals surface area contributed by atoms with E-state index in [9.17, 15) is 4.79 Å². The third kappa shape index (κ3) is 3.33. The van der Waals surface area contributed by atoms with Crippen LogP contribution >= 0.6 is 11.6 Å².